The van der Waals surface area contributed by atoms with Gasteiger partial charge in [-0.2, -0.15) is 0 Å². The lowest BCUT2D eigenvalue weighted by atomic mass is 10.0. The number of hydrogen-bond donors (Lipinski definition) is 2. The maximum absolute atomic E-state index is 12.9. The molecule has 0 aliphatic carbocycles. The van der Waals surface area contributed by atoms with Crippen LogP contribution in [0.2, 0.25) is 0 Å². The summed E-state index contributed by atoms with van der Waals surface area (Å²) in [5, 5.41) is 3.34. The fourth-order valence-electron chi connectivity index (χ4n) is 2.69. The summed E-state index contributed by atoms with van der Waals surface area (Å²) in [4.78, 5) is 29.5. The first-order valence-electron chi connectivity index (χ1n) is 9.04. The minimum atomic E-state index is -0.544. The zero-order valence-corrected chi connectivity index (χ0v) is 16.0. The number of amides is 1. The van der Waals surface area contributed by atoms with Gasteiger partial charge < -0.3 is 15.8 Å². The Morgan fingerprint density at radius 2 is 2.04 bits per heavy atom. The van der Waals surface area contributed by atoms with E-state index in [0.29, 0.717) is 31.0 Å². The van der Waals surface area contributed by atoms with Crippen LogP contribution in [0.25, 0.3) is 10.2 Å². The highest BCUT2D eigenvalue weighted by Gasteiger charge is 2.24. The molecule has 2 rings (SSSR count). The van der Waals surface area contributed by atoms with E-state index in [1.165, 1.54) is 11.3 Å². The normalized spacial score (nSPS) is 12.2. The maximum Gasteiger partial charge on any atom is 0.220 e. The van der Waals surface area contributed by atoms with Crippen LogP contribution in [0.3, 0.4) is 0 Å². The molecule has 0 unspecified atom stereocenters. The van der Waals surface area contributed by atoms with Crippen molar-refractivity contribution in [3.05, 3.63) is 29.3 Å². The van der Waals surface area contributed by atoms with Gasteiger partial charge in [0.25, 0.3) is 0 Å². The molecule has 1 aromatic carbocycles. The Morgan fingerprint density at radius 1 is 1.23 bits per heavy atom. The molecule has 0 fully saturated rings. The van der Waals surface area contributed by atoms with Gasteiger partial charge in [-0.25, -0.2) is 4.98 Å². The molecular formula is C19H27N3O3S. The van der Waals surface area contributed by atoms with Crippen molar-refractivity contribution in [3.63, 3.8) is 0 Å². The van der Waals surface area contributed by atoms with Gasteiger partial charge in [0.2, 0.25) is 11.7 Å². The Balaban J connectivity index is 2.02. The number of Topliss-reactive ketones (excluding diaryl/α,β-unsaturated/α-hetero) is 1. The summed E-state index contributed by atoms with van der Waals surface area (Å²) in [5.41, 5.74) is 6.37. The lowest BCUT2D eigenvalue weighted by Crippen LogP contribution is -2.40. The van der Waals surface area contributed by atoms with E-state index >= 15 is 0 Å². The quantitative estimate of drug-likeness (QED) is 0.438. The molecule has 0 aliphatic rings. The van der Waals surface area contributed by atoms with E-state index in [9.17, 15) is 9.59 Å². The smallest absolute Gasteiger partial charge is 0.220 e. The number of aromatic nitrogens is 1. The molecule has 1 aromatic heterocycles. The standard InChI is InChI=1S/C19H27N3O3S/c1-25-13-7-5-11-17(23)21-15(9-4-6-12-20)18(24)19-22-14-8-2-3-10-16(14)26-19/h2-3,8,10,15H,4-7,9,11-13,20H2,1H3,(H,21,23)/t15-/m0/s1. The maximum atomic E-state index is 12.9. The number of methoxy groups -OCH3 is 1. The predicted octanol–water partition coefficient (Wildman–Crippen LogP) is 2.91. The summed E-state index contributed by atoms with van der Waals surface area (Å²) in [5.74, 6) is -0.221. The Bertz CT molecular complexity index is 684. The molecule has 0 spiro atoms. The van der Waals surface area contributed by atoms with Crippen molar-refractivity contribution in [2.45, 2.75) is 44.6 Å². The molecule has 0 saturated heterocycles. The van der Waals surface area contributed by atoms with Gasteiger partial charge in [-0.1, -0.05) is 12.1 Å². The number of nitrogens with two attached hydrogens (primary N) is 1. The number of nitrogens with one attached hydrogen (secondary N) is 1. The number of para-hydroxylation sites is 1. The van der Waals surface area contributed by atoms with E-state index in [-0.39, 0.29) is 11.7 Å². The van der Waals surface area contributed by atoms with Gasteiger partial charge in [-0.05, 0) is 50.8 Å². The number of hydrogen-bond acceptors (Lipinski definition) is 6. The van der Waals surface area contributed by atoms with Crippen LogP contribution in [0.1, 0.15) is 48.3 Å². The minimum absolute atomic E-state index is 0.103. The van der Waals surface area contributed by atoms with Crippen LogP contribution in [0.4, 0.5) is 0 Å². The molecule has 2 aromatic rings. The summed E-state index contributed by atoms with van der Waals surface area (Å²) >= 11 is 1.37. The second kappa shape index (κ2) is 11.0. The topological polar surface area (TPSA) is 94.3 Å². The number of fused-ring (bicyclic) bond motifs is 1. The van der Waals surface area contributed by atoms with Crippen LogP contribution in [-0.2, 0) is 9.53 Å². The van der Waals surface area contributed by atoms with Gasteiger partial charge in [0.15, 0.2) is 5.01 Å². The number of rotatable bonds is 12. The van der Waals surface area contributed by atoms with Gasteiger partial charge in [0.1, 0.15) is 0 Å². The zero-order valence-electron chi connectivity index (χ0n) is 15.2. The van der Waals surface area contributed by atoms with Gasteiger partial charge in [-0.15, -0.1) is 11.3 Å². The van der Waals surface area contributed by atoms with Crippen molar-refractivity contribution in [1.29, 1.82) is 0 Å². The molecule has 0 radical (unpaired) electrons. The number of nitrogens with zero attached hydrogens (tertiary/aromatic N) is 1. The lowest BCUT2D eigenvalue weighted by molar-refractivity contribution is -0.121. The highest BCUT2D eigenvalue weighted by Crippen LogP contribution is 2.23. The average molecular weight is 378 g/mol. The largest absolute Gasteiger partial charge is 0.385 e. The summed E-state index contributed by atoms with van der Waals surface area (Å²) in [7, 11) is 1.64. The number of carbonyl (C=O) groups excluding carboxylic acids is 2. The van der Waals surface area contributed by atoms with Gasteiger partial charge in [0.05, 0.1) is 16.3 Å². The lowest BCUT2D eigenvalue weighted by Gasteiger charge is -2.16. The highest BCUT2D eigenvalue weighted by molar-refractivity contribution is 7.20. The van der Waals surface area contributed by atoms with Crippen molar-refractivity contribution in [1.82, 2.24) is 10.3 Å². The van der Waals surface area contributed by atoms with Crippen LogP contribution in [0, 0.1) is 0 Å². The molecule has 6 nitrogen and oxygen atoms in total. The average Bonchev–Trinajstić information content (AvgIpc) is 3.08. The van der Waals surface area contributed by atoms with E-state index in [1.807, 2.05) is 24.3 Å². The Labute approximate surface area is 158 Å². The number of thiazole rings is 1. The summed E-state index contributed by atoms with van der Waals surface area (Å²) in [6.45, 7) is 1.21. The molecule has 7 heteroatoms. The van der Waals surface area contributed by atoms with Crippen molar-refractivity contribution in [2.24, 2.45) is 5.73 Å². The third-order valence-corrected chi connectivity index (χ3v) is 5.16. The van der Waals surface area contributed by atoms with Crippen molar-refractivity contribution in [2.75, 3.05) is 20.3 Å². The molecule has 1 atom stereocenters. The number of benzene rings is 1. The Morgan fingerprint density at radius 3 is 2.77 bits per heavy atom. The van der Waals surface area contributed by atoms with E-state index in [4.69, 9.17) is 10.5 Å². The van der Waals surface area contributed by atoms with Gasteiger partial charge in [-0.3, -0.25) is 9.59 Å². The summed E-state index contributed by atoms with van der Waals surface area (Å²) in [6, 6.07) is 7.12. The Kier molecular flexibility index (Phi) is 8.67. The first-order chi connectivity index (χ1) is 12.7. The summed E-state index contributed by atoms with van der Waals surface area (Å²) in [6.07, 6.45) is 4.16. The zero-order chi connectivity index (χ0) is 18.8. The van der Waals surface area contributed by atoms with Crippen LogP contribution >= 0.6 is 11.3 Å². The first kappa shape index (κ1) is 20.5. The SMILES string of the molecule is COCCCCC(=O)N[C@@H](CCCCN)C(=O)c1nc2ccccc2s1. The molecule has 1 heterocycles. The highest BCUT2D eigenvalue weighted by atomic mass is 32.1. The second-order valence-corrected chi connectivity index (χ2v) is 7.24. The predicted molar refractivity (Wildman–Crippen MR) is 105 cm³/mol. The van der Waals surface area contributed by atoms with Gasteiger partial charge >= 0.3 is 0 Å². The van der Waals surface area contributed by atoms with Crippen LogP contribution in [0.5, 0.6) is 0 Å². The van der Waals surface area contributed by atoms with E-state index < -0.39 is 6.04 Å². The van der Waals surface area contributed by atoms with Crippen molar-refractivity contribution in [3.8, 4) is 0 Å². The van der Waals surface area contributed by atoms with Crippen LogP contribution in [0.15, 0.2) is 24.3 Å². The first-order valence-corrected chi connectivity index (χ1v) is 9.85. The molecule has 0 bridgehead atoms. The van der Waals surface area contributed by atoms with Crippen molar-refractivity contribution >= 4 is 33.2 Å². The number of ketones is 1. The molecule has 1 amide bonds. The number of ether oxygens (including phenoxy) is 1. The van der Waals surface area contributed by atoms with Crippen LogP contribution in [-0.4, -0.2) is 43.0 Å². The fourth-order valence-corrected chi connectivity index (χ4v) is 3.65. The summed E-state index contributed by atoms with van der Waals surface area (Å²) < 4.78 is 5.97. The molecule has 0 saturated carbocycles. The van der Waals surface area contributed by atoms with Gasteiger partial charge in [0, 0.05) is 20.1 Å². The monoisotopic (exact) mass is 377 g/mol. The number of unbranched alkanes of at least 4 members (excludes halogenated alkanes) is 2. The second-order valence-electron chi connectivity index (χ2n) is 6.21. The third kappa shape index (κ3) is 6.16. The molecule has 3 N–H and O–H groups in total. The van der Waals surface area contributed by atoms with Crippen molar-refractivity contribution < 1.29 is 14.3 Å². The third-order valence-electron chi connectivity index (χ3n) is 4.11. The molecule has 26 heavy (non-hydrogen) atoms. The number of carbonyl (C=O) groups is 2. The molecule has 0 aliphatic heterocycles. The van der Waals surface area contributed by atoms with Crippen LogP contribution < -0.4 is 11.1 Å². The van der Waals surface area contributed by atoms with E-state index in [2.05, 4.69) is 10.3 Å². The minimum Gasteiger partial charge on any atom is -0.385 e. The molecular weight excluding hydrogens is 350 g/mol. The van der Waals surface area contributed by atoms with E-state index in [1.54, 1.807) is 7.11 Å². The fraction of sp³-hybridized carbons (Fsp3) is 0.526. The Hall–Kier alpha value is -1.83. The van der Waals surface area contributed by atoms with E-state index in [0.717, 1.165) is 35.9 Å². The molecule has 142 valence electrons.